The molecule has 0 aromatic heterocycles. The zero-order chi connectivity index (χ0) is 40.3. The number of carbonyl (C=O) groups excluding carboxylic acids is 1. The van der Waals surface area contributed by atoms with E-state index >= 15 is 0 Å². The summed E-state index contributed by atoms with van der Waals surface area (Å²) < 4.78 is 141. The average Bonchev–Trinajstić information content (AvgIpc) is 3.21. The molecule has 1 aromatic carbocycles. The molecule has 326 valence electrons. The van der Waals surface area contributed by atoms with Crippen molar-refractivity contribution in [1.82, 2.24) is 0 Å². The SMILES string of the molecule is O=C(CCOCCOCCOCCOCCOCCOCCOCCOCCOCCOCCOCCOC1CCCCO1)Oc1c(F)c(F)c(F)c(F)c1F. The summed E-state index contributed by atoms with van der Waals surface area (Å²) in [5.74, 6) is -14.1. The fourth-order valence-corrected chi connectivity index (χ4v) is 4.38. The maximum atomic E-state index is 13.6. The third kappa shape index (κ3) is 25.2. The van der Waals surface area contributed by atoms with Crippen LogP contribution in [0.25, 0.3) is 0 Å². The Kier molecular flexibility index (Phi) is 31.1. The molecule has 1 atom stereocenters. The topological polar surface area (TPSA) is 146 Å². The van der Waals surface area contributed by atoms with Crippen LogP contribution in [0.1, 0.15) is 25.7 Å². The van der Waals surface area contributed by atoms with Crippen molar-refractivity contribution >= 4 is 5.97 Å². The number of rotatable bonds is 38. The van der Waals surface area contributed by atoms with Crippen LogP contribution < -0.4 is 4.74 Å². The molecule has 1 heterocycles. The molecule has 1 fully saturated rings. The van der Waals surface area contributed by atoms with Gasteiger partial charge in [-0.3, -0.25) is 4.79 Å². The van der Waals surface area contributed by atoms with Gasteiger partial charge in [-0.1, -0.05) is 0 Å². The maximum Gasteiger partial charge on any atom is 0.313 e. The van der Waals surface area contributed by atoms with Gasteiger partial charge in [0, 0.05) is 6.61 Å². The van der Waals surface area contributed by atoms with Crippen molar-refractivity contribution in [2.75, 3.05) is 159 Å². The first-order chi connectivity index (χ1) is 27.4. The van der Waals surface area contributed by atoms with Crippen LogP contribution in [0.5, 0.6) is 5.75 Å². The van der Waals surface area contributed by atoms with Gasteiger partial charge in [0.15, 0.2) is 6.29 Å². The fourth-order valence-electron chi connectivity index (χ4n) is 4.38. The minimum atomic E-state index is -2.35. The molecule has 15 nitrogen and oxygen atoms in total. The maximum absolute atomic E-state index is 13.6. The van der Waals surface area contributed by atoms with Gasteiger partial charge < -0.3 is 66.3 Å². The Morgan fingerprint density at radius 2 is 0.732 bits per heavy atom. The van der Waals surface area contributed by atoms with E-state index in [2.05, 4.69) is 4.74 Å². The molecule has 0 radical (unpaired) electrons. The second-order valence-electron chi connectivity index (χ2n) is 11.5. The lowest BCUT2D eigenvalue weighted by atomic mass is 10.2. The molecule has 0 amide bonds. The molecule has 20 heteroatoms. The van der Waals surface area contributed by atoms with E-state index in [0.29, 0.717) is 126 Å². The van der Waals surface area contributed by atoms with E-state index in [9.17, 15) is 26.7 Å². The highest BCUT2D eigenvalue weighted by molar-refractivity contribution is 5.72. The Balaban J connectivity index is 1.18. The summed E-state index contributed by atoms with van der Waals surface area (Å²) in [5.41, 5.74) is 0. The standard InChI is InChI=1S/C36H57F5O15/c37-31-32(38)34(40)36(35(41)33(31)39)56-29(42)4-6-43-7-8-44-9-10-45-11-12-46-13-14-47-15-16-48-17-18-49-19-20-50-21-22-51-23-24-52-25-26-53-27-28-55-30-3-1-2-5-54-30/h30H,1-28H2. The van der Waals surface area contributed by atoms with E-state index in [0.717, 1.165) is 25.9 Å². The molecule has 1 aliphatic heterocycles. The summed E-state index contributed by atoms with van der Waals surface area (Å²) in [4.78, 5) is 11.7. The molecule has 2 rings (SSSR count). The summed E-state index contributed by atoms with van der Waals surface area (Å²) >= 11 is 0. The number of ether oxygens (including phenoxy) is 14. The number of halogens is 5. The van der Waals surface area contributed by atoms with Gasteiger partial charge in [-0.25, -0.2) is 13.2 Å². The first-order valence-electron chi connectivity index (χ1n) is 18.7. The third-order valence-corrected chi connectivity index (χ3v) is 7.23. The van der Waals surface area contributed by atoms with Gasteiger partial charge in [0.2, 0.25) is 34.8 Å². The van der Waals surface area contributed by atoms with Crippen LogP contribution >= 0.6 is 0 Å². The number of hydrogen-bond donors (Lipinski definition) is 0. The van der Waals surface area contributed by atoms with Crippen molar-refractivity contribution in [3.63, 3.8) is 0 Å². The van der Waals surface area contributed by atoms with E-state index in [4.69, 9.17) is 61.6 Å². The van der Waals surface area contributed by atoms with Crippen LogP contribution in [-0.2, 0) is 66.4 Å². The van der Waals surface area contributed by atoms with Crippen molar-refractivity contribution in [3.8, 4) is 5.75 Å². The van der Waals surface area contributed by atoms with Crippen LogP contribution in [0.4, 0.5) is 22.0 Å². The van der Waals surface area contributed by atoms with E-state index < -0.39 is 47.2 Å². The minimum absolute atomic E-state index is 0.0787. The largest absolute Gasteiger partial charge is 0.420 e. The van der Waals surface area contributed by atoms with E-state index in [1.807, 2.05) is 0 Å². The predicted octanol–water partition coefficient (Wildman–Crippen LogP) is 3.40. The summed E-state index contributed by atoms with van der Waals surface area (Å²) in [6.07, 6.45) is 2.62. The van der Waals surface area contributed by atoms with Gasteiger partial charge in [-0.15, -0.1) is 0 Å². The smallest absolute Gasteiger partial charge is 0.313 e. The Morgan fingerprint density at radius 1 is 0.429 bits per heavy atom. The molecule has 1 saturated heterocycles. The molecule has 0 spiro atoms. The first-order valence-corrected chi connectivity index (χ1v) is 18.7. The molecule has 0 saturated carbocycles. The molecular formula is C36H57F5O15. The molecule has 0 bridgehead atoms. The quantitative estimate of drug-likeness (QED) is 0.0240. The van der Waals surface area contributed by atoms with Crippen LogP contribution in [0.2, 0.25) is 0 Å². The average molecular weight is 825 g/mol. The van der Waals surface area contributed by atoms with E-state index in [-0.39, 0.29) is 32.7 Å². The Labute approximate surface area is 324 Å². The number of benzene rings is 1. The normalized spacial score (nSPS) is 14.5. The molecule has 1 unspecified atom stereocenters. The lowest BCUT2D eigenvalue weighted by molar-refractivity contribution is -0.169. The van der Waals surface area contributed by atoms with Crippen LogP contribution in [0, 0.1) is 29.1 Å². The van der Waals surface area contributed by atoms with Crippen molar-refractivity contribution < 1.29 is 93.1 Å². The Hall–Kier alpha value is -2.18. The third-order valence-electron chi connectivity index (χ3n) is 7.23. The summed E-state index contributed by atoms with van der Waals surface area (Å²) in [6.45, 7) is 9.58. The van der Waals surface area contributed by atoms with Crippen molar-refractivity contribution in [3.05, 3.63) is 29.1 Å². The van der Waals surface area contributed by atoms with Crippen molar-refractivity contribution in [1.29, 1.82) is 0 Å². The monoisotopic (exact) mass is 824 g/mol. The lowest BCUT2D eigenvalue weighted by Gasteiger charge is -2.22. The lowest BCUT2D eigenvalue weighted by Crippen LogP contribution is -2.24. The Bertz CT molecular complexity index is 1090. The highest BCUT2D eigenvalue weighted by Crippen LogP contribution is 2.29. The zero-order valence-electron chi connectivity index (χ0n) is 31.9. The van der Waals surface area contributed by atoms with Gasteiger partial charge in [0.1, 0.15) is 0 Å². The van der Waals surface area contributed by atoms with Crippen molar-refractivity contribution in [2.45, 2.75) is 32.0 Å². The number of carbonyl (C=O) groups is 1. The Morgan fingerprint density at radius 3 is 1.05 bits per heavy atom. The summed E-state index contributed by atoms with van der Waals surface area (Å²) in [7, 11) is 0. The minimum Gasteiger partial charge on any atom is -0.420 e. The second-order valence-corrected chi connectivity index (χ2v) is 11.5. The van der Waals surface area contributed by atoms with Gasteiger partial charge in [0.25, 0.3) is 0 Å². The van der Waals surface area contributed by atoms with Crippen LogP contribution in [0.15, 0.2) is 0 Å². The van der Waals surface area contributed by atoms with Crippen LogP contribution in [0.3, 0.4) is 0 Å². The van der Waals surface area contributed by atoms with Gasteiger partial charge in [-0.2, -0.15) is 8.78 Å². The van der Waals surface area contributed by atoms with Crippen molar-refractivity contribution in [2.24, 2.45) is 0 Å². The van der Waals surface area contributed by atoms with E-state index in [1.54, 1.807) is 0 Å². The number of esters is 1. The van der Waals surface area contributed by atoms with Gasteiger partial charge in [0.05, 0.1) is 158 Å². The van der Waals surface area contributed by atoms with Crippen LogP contribution in [-0.4, -0.2) is 171 Å². The molecule has 0 N–H and O–H groups in total. The summed E-state index contributed by atoms with van der Waals surface area (Å²) in [5, 5.41) is 0. The fraction of sp³-hybridized carbons (Fsp3) is 0.806. The second kappa shape index (κ2) is 34.8. The van der Waals surface area contributed by atoms with Gasteiger partial charge >= 0.3 is 5.97 Å². The highest BCUT2D eigenvalue weighted by atomic mass is 19.2. The molecule has 1 aliphatic rings. The summed E-state index contributed by atoms with van der Waals surface area (Å²) in [6, 6.07) is 0. The molecular weight excluding hydrogens is 767 g/mol. The van der Waals surface area contributed by atoms with Gasteiger partial charge in [-0.05, 0) is 19.3 Å². The number of hydrogen-bond acceptors (Lipinski definition) is 15. The highest BCUT2D eigenvalue weighted by Gasteiger charge is 2.28. The molecule has 56 heavy (non-hydrogen) atoms. The molecule has 1 aromatic rings. The molecule has 0 aliphatic carbocycles. The zero-order valence-corrected chi connectivity index (χ0v) is 31.9. The first kappa shape index (κ1) is 50.0. The van der Waals surface area contributed by atoms with E-state index in [1.165, 1.54) is 0 Å². The predicted molar refractivity (Wildman–Crippen MR) is 185 cm³/mol.